The van der Waals surface area contributed by atoms with Crippen molar-refractivity contribution in [1.29, 1.82) is 0 Å². The number of rotatable bonds is 4. The van der Waals surface area contributed by atoms with Gasteiger partial charge in [-0.2, -0.15) is 0 Å². The van der Waals surface area contributed by atoms with E-state index in [1.165, 1.54) is 12.8 Å². The summed E-state index contributed by atoms with van der Waals surface area (Å²) < 4.78 is 0. The number of aliphatic imine (C=N–C) groups is 1. The molecule has 1 fully saturated rings. The average molecular weight is 438 g/mol. The van der Waals surface area contributed by atoms with E-state index >= 15 is 0 Å². The maximum atomic E-state index is 6.35. The zero-order valence-electron chi connectivity index (χ0n) is 17.1. The Bertz CT molecular complexity index is 793. The molecule has 1 aromatic carbocycles. The molecule has 2 aliphatic rings. The minimum Gasteiger partial charge on any atom is -0.355 e. The van der Waals surface area contributed by atoms with E-state index in [1.807, 2.05) is 30.6 Å². The van der Waals surface area contributed by atoms with Crippen LogP contribution in [0.2, 0.25) is 10.0 Å². The molecule has 152 valence electrons. The Morgan fingerprint density at radius 3 is 2.61 bits per heavy atom. The second kappa shape index (κ2) is 9.15. The van der Waals surface area contributed by atoms with Gasteiger partial charge in [-0.25, -0.2) is 4.99 Å². The second-order valence-electron chi connectivity index (χ2n) is 8.02. The predicted molar refractivity (Wildman–Crippen MR) is 123 cm³/mol. The lowest BCUT2D eigenvalue weighted by Crippen LogP contribution is -2.46. The van der Waals surface area contributed by atoms with Crippen molar-refractivity contribution < 1.29 is 0 Å². The third-order valence-corrected chi connectivity index (χ3v) is 8.12. The van der Waals surface area contributed by atoms with Crippen LogP contribution in [0.3, 0.4) is 0 Å². The van der Waals surface area contributed by atoms with Gasteiger partial charge in [0.05, 0.1) is 21.6 Å². The lowest BCUT2D eigenvalue weighted by molar-refractivity contribution is 0.112. The molecule has 0 N–H and O–H groups in total. The molecule has 0 amide bonds. The van der Waals surface area contributed by atoms with Gasteiger partial charge in [0.15, 0.2) is 5.84 Å². The van der Waals surface area contributed by atoms with Crippen molar-refractivity contribution in [1.82, 2.24) is 9.80 Å². The SMILES string of the molecule is C/C=C1/C(N2CCC(C)(C(C)C)CC2)=NC=CN1CSc1cccc(Cl)c1Cl. The molecule has 0 spiro atoms. The summed E-state index contributed by atoms with van der Waals surface area (Å²) in [6, 6.07) is 5.76. The number of nitrogens with zero attached hydrogens (tertiary/aromatic N) is 3. The third kappa shape index (κ3) is 4.55. The predicted octanol–water partition coefficient (Wildman–Crippen LogP) is 6.89. The number of likely N-dealkylation sites (tertiary alicyclic amines) is 1. The van der Waals surface area contributed by atoms with E-state index in [4.69, 9.17) is 28.2 Å². The minimum absolute atomic E-state index is 0.427. The van der Waals surface area contributed by atoms with Crippen LogP contribution in [0.25, 0.3) is 0 Å². The Hall–Kier alpha value is -1.10. The molecule has 1 aromatic rings. The van der Waals surface area contributed by atoms with Crippen LogP contribution in [0.4, 0.5) is 0 Å². The molecule has 3 rings (SSSR count). The molecule has 0 aliphatic carbocycles. The highest BCUT2D eigenvalue weighted by Gasteiger charge is 2.35. The van der Waals surface area contributed by atoms with E-state index in [2.05, 4.69) is 43.6 Å². The average Bonchev–Trinajstić information content (AvgIpc) is 2.69. The highest BCUT2D eigenvalue weighted by Crippen LogP contribution is 2.39. The van der Waals surface area contributed by atoms with Gasteiger partial charge in [0.1, 0.15) is 0 Å². The summed E-state index contributed by atoms with van der Waals surface area (Å²) in [5.74, 6) is 2.54. The molecule has 2 aliphatic heterocycles. The first-order chi connectivity index (χ1) is 13.4. The number of piperidine rings is 1. The topological polar surface area (TPSA) is 18.8 Å². The van der Waals surface area contributed by atoms with E-state index in [1.54, 1.807) is 11.8 Å². The summed E-state index contributed by atoms with van der Waals surface area (Å²) in [6.45, 7) is 11.3. The van der Waals surface area contributed by atoms with Crippen LogP contribution >= 0.6 is 35.0 Å². The standard InChI is InChI=1S/C22H29Cl2N3S/c1-5-18-21(26-12-9-22(4,10-13-26)16(2)3)25-11-14-27(18)15-28-19-8-6-7-17(23)20(19)24/h5-8,11,14,16H,9-10,12-13,15H2,1-4H3/b18-5-. The fraction of sp³-hybridized carbons (Fsp3) is 0.500. The Kier molecular flexibility index (Phi) is 7.06. The van der Waals surface area contributed by atoms with Crippen LogP contribution in [0.15, 0.2) is 52.3 Å². The van der Waals surface area contributed by atoms with Gasteiger partial charge in [-0.15, -0.1) is 11.8 Å². The van der Waals surface area contributed by atoms with Crippen molar-refractivity contribution in [2.45, 2.75) is 45.4 Å². The smallest absolute Gasteiger partial charge is 0.152 e. The maximum absolute atomic E-state index is 6.35. The zero-order chi connectivity index (χ0) is 20.3. The third-order valence-electron chi connectivity index (χ3n) is 6.13. The quantitative estimate of drug-likeness (QED) is 0.477. The van der Waals surface area contributed by atoms with Gasteiger partial charge in [0, 0.05) is 30.4 Å². The van der Waals surface area contributed by atoms with Crippen LogP contribution < -0.4 is 0 Å². The van der Waals surface area contributed by atoms with Crippen molar-refractivity contribution in [2.75, 3.05) is 19.0 Å². The lowest BCUT2D eigenvalue weighted by atomic mass is 9.72. The summed E-state index contributed by atoms with van der Waals surface area (Å²) in [6.07, 6.45) is 8.50. The second-order valence-corrected chi connectivity index (χ2v) is 9.79. The van der Waals surface area contributed by atoms with Gasteiger partial charge in [0.2, 0.25) is 0 Å². The molecular weight excluding hydrogens is 409 g/mol. The van der Waals surface area contributed by atoms with Crippen molar-refractivity contribution in [2.24, 2.45) is 16.3 Å². The molecule has 0 atom stereocenters. The fourth-order valence-corrected chi connectivity index (χ4v) is 5.09. The van der Waals surface area contributed by atoms with Crippen LogP contribution in [-0.4, -0.2) is 34.6 Å². The molecule has 1 saturated heterocycles. The first-order valence-electron chi connectivity index (χ1n) is 9.85. The minimum atomic E-state index is 0.427. The zero-order valence-corrected chi connectivity index (χ0v) is 19.4. The van der Waals surface area contributed by atoms with Crippen molar-refractivity contribution >= 4 is 40.8 Å². The van der Waals surface area contributed by atoms with E-state index < -0.39 is 0 Å². The molecule has 0 radical (unpaired) electrons. The van der Waals surface area contributed by atoms with E-state index in [-0.39, 0.29) is 0 Å². The normalized spacial score (nSPS) is 20.8. The molecule has 28 heavy (non-hydrogen) atoms. The summed E-state index contributed by atoms with van der Waals surface area (Å²) in [4.78, 5) is 10.4. The molecule has 6 heteroatoms. The number of hydrogen-bond acceptors (Lipinski definition) is 4. The lowest BCUT2D eigenvalue weighted by Gasteiger charge is -2.44. The molecular formula is C22H29Cl2N3S. The molecule has 2 heterocycles. The Morgan fingerprint density at radius 1 is 1.25 bits per heavy atom. The number of amidine groups is 1. The summed E-state index contributed by atoms with van der Waals surface area (Å²) in [7, 11) is 0. The van der Waals surface area contributed by atoms with Crippen LogP contribution in [0, 0.1) is 11.3 Å². The van der Waals surface area contributed by atoms with Gasteiger partial charge in [-0.3, -0.25) is 0 Å². The van der Waals surface area contributed by atoms with E-state index in [0.29, 0.717) is 21.4 Å². The van der Waals surface area contributed by atoms with Gasteiger partial charge in [-0.1, -0.05) is 56.1 Å². The molecule has 3 nitrogen and oxygen atoms in total. The highest BCUT2D eigenvalue weighted by molar-refractivity contribution is 7.99. The number of hydrogen-bond donors (Lipinski definition) is 0. The number of allylic oxidation sites excluding steroid dienone is 1. The van der Waals surface area contributed by atoms with Crippen LogP contribution in [0.5, 0.6) is 0 Å². The fourth-order valence-electron chi connectivity index (χ4n) is 3.65. The Balaban J connectivity index is 1.68. The largest absolute Gasteiger partial charge is 0.355 e. The van der Waals surface area contributed by atoms with E-state index in [9.17, 15) is 0 Å². The Morgan fingerprint density at radius 2 is 1.96 bits per heavy atom. The first kappa shape index (κ1) is 21.6. The molecule has 0 aromatic heterocycles. The van der Waals surface area contributed by atoms with Crippen LogP contribution in [0.1, 0.15) is 40.5 Å². The molecule has 0 unspecified atom stereocenters. The van der Waals surface area contributed by atoms with Gasteiger partial charge >= 0.3 is 0 Å². The summed E-state index contributed by atoms with van der Waals surface area (Å²) in [5.41, 5.74) is 1.58. The Labute approximate surface area is 183 Å². The van der Waals surface area contributed by atoms with Gasteiger partial charge in [-0.05, 0) is 43.2 Å². The number of thioether (sulfide) groups is 1. The highest BCUT2D eigenvalue weighted by atomic mass is 35.5. The van der Waals surface area contributed by atoms with E-state index in [0.717, 1.165) is 35.4 Å². The van der Waals surface area contributed by atoms with Crippen LogP contribution in [-0.2, 0) is 0 Å². The molecule has 0 bridgehead atoms. The molecule has 0 saturated carbocycles. The monoisotopic (exact) mass is 437 g/mol. The number of benzene rings is 1. The van der Waals surface area contributed by atoms with Gasteiger partial charge in [0.25, 0.3) is 0 Å². The summed E-state index contributed by atoms with van der Waals surface area (Å²) >= 11 is 14.2. The van der Waals surface area contributed by atoms with Crippen molar-refractivity contribution in [3.63, 3.8) is 0 Å². The number of halogens is 2. The maximum Gasteiger partial charge on any atom is 0.152 e. The summed E-state index contributed by atoms with van der Waals surface area (Å²) in [5, 5.41) is 1.21. The first-order valence-corrected chi connectivity index (χ1v) is 11.6. The van der Waals surface area contributed by atoms with Gasteiger partial charge < -0.3 is 9.80 Å². The van der Waals surface area contributed by atoms with Crippen molar-refractivity contribution in [3.05, 3.63) is 52.4 Å². The van der Waals surface area contributed by atoms with Crippen molar-refractivity contribution in [3.8, 4) is 0 Å².